The predicted molar refractivity (Wildman–Crippen MR) is 137 cm³/mol. The largest absolute Gasteiger partial charge is 0.322 e. The Kier molecular flexibility index (Phi) is 5.55. The number of imide groups is 1. The number of anilines is 1. The lowest BCUT2D eigenvalue weighted by Crippen LogP contribution is -2.40. The van der Waals surface area contributed by atoms with E-state index in [0.717, 1.165) is 11.1 Å². The molecule has 4 amide bonds. The summed E-state index contributed by atoms with van der Waals surface area (Å²) in [5.74, 6) is -0.779. The second kappa shape index (κ2) is 8.60. The molecule has 3 N–H and O–H groups in total. The number of amides is 4. The SMILES string of the molecule is Cc1ccccc1-c1cc(C(=O)Nc2cccc(C3(C)NC(=O)NC3=O)c2)c2cnn(C(C)C)c2n1. The van der Waals surface area contributed by atoms with Gasteiger partial charge in [0, 0.05) is 17.3 Å². The number of carbonyl (C=O) groups excluding carboxylic acids is 3. The minimum atomic E-state index is -1.22. The zero-order chi connectivity index (χ0) is 25.6. The fraction of sp³-hybridized carbons (Fsp3) is 0.222. The highest BCUT2D eigenvalue weighted by Crippen LogP contribution is 2.30. The van der Waals surface area contributed by atoms with Gasteiger partial charge in [0.1, 0.15) is 5.54 Å². The molecule has 9 nitrogen and oxygen atoms in total. The zero-order valence-electron chi connectivity index (χ0n) is 20.4. The second-order valence-corrected chi connectivity index (χ2v) is 9.36. The third-order valence-corrected chi connectivity index (χ3v) is 6.46. The molecule has 182 valence electrons. The van der Waals surface area contributed by atoms with Gasteiger partial charge in [-0.2, -0.15) is 5.10 Å². The van der Waals surface area contributed by atoms with Gasteiger partial charge < -0.3 is 10.6 Å². The first kappa shape index (κ1) is 23.2. The summed E-state index contributed by atoms with van der Waals surface area (Å²) in [4.78, 5) is 42.5. The minimum Gasteiger partial charge on any atom is -0.322 e. The van der Waals surface area contributed by atoms with Crippen molar-refractivity contribution in [2.24, 2.45) is 0 Å². The number of aryl methyl sites for hydroxylation is 1. The maximum atomic E-state index is 13.6. The summed E-state index contributed by atoms with van der Waals surface area (Å²) in [7, 11) is 0. The summed E-state index contributed by atoms with van der Waals surface area (Å²) < 4.78 is 1.80. The molecule has 1 aliphatic heterocycles. The molecule has 1 atom stereocenters. The normalized spacial score (nSPS) is 17.4. The molecule has 3 heterocycles. The average Bonchev–Trinajstić information content (AvgIpc) is 3.39. The van der Waals surface area contributed by atoms with Crippen LogP contribution in [0.1, 0.15) is 48.3 Å². The van der Waals surface area contributed by atoms with Gasteiger partial charge in [-0.1, -0.05) is 36.4 Å². The van der Waals surface area contributed by atoms with Crippen molar-refractivity contribution in [2.45, 2.75) is 39.3 Å². The monoisotopic (exact) mass is 482 g/mol. The first-order valence-corrected chi connectivity index (χ1v) is 11.7. The summed E-state index contributed by atoms with van der Waals surface area (Å²) in [5, 5.41) is 13.0. The molecule has 0 aliphatic carbocycles. The molecule has 2 aromatic heterocycles. The van der Waals surface area contributed by atoms with Crippen LogP contribution in [0.3, 0.4) is 0 Å². The van der Waals surface area contributed by atoms with E-state index in [9.17, 15) is 14.4 Å². The molecule has 1 unspecified atom stereocenters. The van der Waals surface area contributed by atoms with E-state index in [2.05, 4.69) is 21.0 Å². The van der Waals surface area contributed by atoms with E-state index in [4.69, 9.17) is 4.98 Å². The van der Waals surface area contributed by atoms with Gasteiger partial charge in [-0.15, -0.1) is 0 Å². The summed E-state index contributed by atoms with van der Waals surface area (Å²) >= 11 is 0. The van der Waals surface area contributed by atoms with Crippen LogP contribution >= 0.6 is 0 Å². The lowest BCUT2D eigenvalue weighted by molar-refractivity contribution is -0.123. The maximum Gasteiger partial charge on any atom is 0.322 e. The lowest BCUT2D eigenvalue weighted by Gasteiger charge is -2.21. The van der Waals surface area contributed by atoms with Crippen molar-refractivity contribution < 1.29 is 14.4 Å². The molecule has 0 radical (unpaired) electrons. The molecule has 4 aromatic rings. The summed E-state index contributed by atoms with van der Waals surface area (Å²) in [6.07, 6.45) is 1.66. The second-order valence-electron chi connectivity index (χ2n) is 9.36. The van der Waals surface area contributed by atoms with Gasteiger partial charge >= 0.3 is 6.03 Å². The topological polar surface area (TPSA) is 118 Å². The molecule has 0 saturated carbocycles. The number of rotatable bonds is 5. The van der Waals surface area contributed by atoms with Crippen molar-refractivity contribution >= 4 is 34.6 Å². The molecule has 9 heteroatoms. The molecular weight excluding hydrogens is 456 g/mol. The van der Waals surface area contributed by atoms with Gasteiger partial charge in [0.05, 0.1) is 22.8 Å². The van der Waals surface area contributed by atoms with E-state index in [1.807, 2.05) is 45.0 Å². The number of hydrogen-bond acceptors (Lipinski definition) is 5. The Balaban J connectivity index is 1.56. The van der Waals surface area contributed by atoms with Crippen LogP contribution in [-0.2, 0) is 10.3 Å². The van der Waals surface area contributed by atoms with Crippen LogP contribution in [0.4, 0.5) is 10.5 Å². The number of pyridine rings is 1. The highest BCUT2D eigenvalue weighted by Gasteiger charge is 2.43. The van der Waals surface area contributed by atoms with Crippen LogP contribution in [0.5, 0.6) is 0 Å². The Morgan fingerprint density at radius 3 is 2.56 bits per heavy atom. The molecular formula is C27H26N6O3. The van der Waals surface area contributed by atoms with Crippen molar-refractivity contribution in [1.29, 1.82) is 0 Å². The third-order valence-electron chi connectivity index (χ3n) is 6.46. The fourth-order valence-electron chi connectivity index (χ4n) is 4.43. The Bertz CT molecular complexity index is 1540. The number of fused-ring (bicyclic) bond motifs is 1. The zero-order valence-corrected chi connectivity index (χ0v) is 20.4. The first-order valence-electron chi connectivity index (χ1n) is 11.7. The van der Waals surface area contributed by atoms with Gasteiger partial charge in [0.25, 0.3) is 11.8 Å². The van der Waals surface area contributed by atoms with Crippen LogP contribution in [0, 0.1) is 6.92 Å². The van der Waals surface area contributed by atoms with Crippen LogP contribution in [-0.4, -0.2) is 32.6 Å². The quantitative estimate of drug-likeness (QED) is 0.367. The molecule has 36 heavy (non-hydrogen) atoms. The van der Waals surface area contributed by atoms with Crippen molar-refractivity contribution in [3.8, 4) is 11.3 Å². The molecule has 0 spiro atoms. The van der Waals surface area contributed by atoms with Crippen molar-refractivity contribution in [2.75, 3.05) is 5.32 Å². The Hall–Kier alpha value is -4.53. The summed E-state index contributed by atoms with van der Waals surface area (Å²) in [6.45, 7) is 7.65. The highest BCUT2D eigenvalue weighted by atomic mass is 16.2. The number of nitrogens with one attached hydrogen (secondary N) is 3. The fourth-order valence-corrected chi connectivity index (χ4v) is 4.43. The maximum absolute atomic E-state index is 13.6. The van der Waals surface area contributed by atoms with Gasteiger partial charge in [0.15, 0.2) is 5.65 Å². The molecule has 5 rings (SSSR count). The van der Waals surface area contributed by atoms with Crippen molar-refractivity contribution in [3.63, 3.8) is 0 Å². The Morgan fingerprint density at radius 2 is 1.86 bits per heavy atom. The number of aromatic nitrogens is 3. The lowest BCUT2D eigenvalue weighted by atomic mass is 9.92. The summed E-state index contributed by atoms with van der Waals surface area (Å²) in [6, 6.07) is 16.0. The van der Waals surface area contributed by atoms with E-state index in [0.29, 0.717) is 33.5 Å². The third kappa shape index (κ3) is 3.88. The molecule has 0 bridgehead atoms. The number of carbonyl (C=O) groups is 3. The van der Waals surface area contributed by atoms with Gasteiger partial charge in [-0.05, 0) is 57.0 Å². The van der Waals surface area contributed by atoms with E-state index in [1.165, 1.54) is 0 Å². The Labute approximate surface area is 207 Å². The number of benzene rings is 2. The van der Waals surface area contributed by atoms with Crippen molar-refractivity contribution in [1.82, 2.24) is 25.4 Å². The van der Waals surface area contributed by atoms with E-state index in [1.54, 1.807) is 48.1 Å². The van der Waals surface area contributed by atoms with Crippen LogP contribution < -0.4 is 16.0 Å². The first-order chi connectivity index (χ1) is 17.2. The van der Waals surface area contributed by atoms with Gasteiger partial charge in [-0.3, -0.25) is 14.9 Å². The average molecular weight is 483 g/mol. The van der Waals surface area contributed by atoms with Crippen LogP contribution in [0.2, 0.25) is 0 Å². The minimum absolute atomic E-state index is 0.0585. The van der Waals surface area contributed by atoms with E-state index >= 15 is 0 Å². The predicted octanol–water partition coefficient (Wildman–Crippen LogP) is 4.29. The smallest absolute Gasteiger partial charge is 0.322 e. The molecule has 2 aromatic carbocycles. The van der Waals surface area contributed by atoms with Crippen LogP contribution in [0.25, 0.3) is 22.3 Å². The van der Waals surface area contributed by atoms with Gasteiger partial charge in [0.2, 0.25) is 0 Å². The van der Waals surface area contributed by atoms with Crippen molar-refractivity contribution in [3.05, 3.63) is 77.5 Å². The number of hydrogen-bond donors (Lipinski definition) is 3. The summed E-state index contributed by atoms with van der Waals surface area (Å²) in [5.41, 5.74) is 3.55. The standard InChI is InChI=1S/C27H26N6O3/c1-15(2)33-23-21(14-28-33)20(13-22(30-23)19-11-6-5-8-16(19)3)24(34)29-18-10-7-9-17(12-18)27(4)25(35)31-26(36)32-27/h5-15H,1-4H3,(H,29,34)(H2,31,32,35,36). The number of urea groups is 1. The van der Waals surface area contributed by atoms with E-state index in [-0.39, 0.29) is 11.9 Å². The van der Waals surface area contributed by atoms with Gasteiger partial charge in [-0.25, -0.2) is 14.5 Å². The van der Waals surface area contributed by atoms with Crippen LogP contribution in [0.15, 0.2) is 60.8 Å². The molecule has 1 aliphatic rings. The highest BCUT2D eigenvalue weighted by molar-refractivity contribution is 6.13. The molecule has 1 saturated heterocycles. The van der Waals surface area contributed by atoms with E-state index < -0.39 is 17.5 Å². The number of nitrogens with zero attached hydrogens (tertiary/aromatic N) is 3. The molecule has 1 fully saturated rings. The Morgan fingerprint density at radius 1 is 1.08 bits per heavy atom.